The van der Waals surface area contributed by atoms with Gasteiger partial charge in [-0.1, -0.05) is 0 Å². The maximum absolute atomic E-state index is 12.1. The van der Waals surface area contributed by atoms with Crippen molar-refractivity contribution < 1.29 is 19.7 Å². The summed E-state index contributed by atoms with van der Waals surface area (Å²) in [6.07, 6.45) is 4.11. The van der Waals surface area contributed by atoms with Gasteiger partial charge in [0.25, 0.3) is 0 Å². The van der Waals surface area contributed by atoms with Gasteiger partial charge in [-0.05, 0) is 62.6 Å². The van der Waals surface area contributed by atoms with Crippen LogP contribution in [0.25, 0.3) is 11.4 Å². The van der Waals surface area contributed by atoms with Crippen molar-refractivity contribution in [3.8, 4) is 11.4 Å². The molecule has 0 bridgehead atoms. The van der Waals surface area contributed by atoms with Crippen LogP contribution >= 0.6 is 11.8 Å². The summed E-state index contributed by atoms with van der Waals surface area (Å²) in [5.74, 6) is 2.49. The van der Waals surface area contributed by atoms with E-state index in [1.54, 1.807) is 6.92 Å². The largest absolute Gasteiger partial charge is 0.396 e. The zero-order valence-electron chi connectivity index (χ0n) is 20.2. The lowest BCUT2D eigenvalue weighted by Gasteiger charge is -2.41. The van der Waals surface area contributed by atoms with Crippen LogP contribution in [0, 0.1) is 0 Å². The van der Waals surface area contributed by atoms with Crippen molar-refractivity contribution in [3.05, 3.63) is 36.0 Å². The summed E-state index contributed by atoms with van der Waals surface area (Å²) in [6, 6.07) is 8.95. The van der Waals surface area contributed by atoms with E-state index in [2.05, 4.69) is 21.6 Å². The summed E-state index contributed by atoms with van der Waals surface area (Å²) in [5, 5.41) is 23.8. The van der Waals surface area contributed by atoms with Crippen LogP contribution in [0.1, 0.15) is 38.3 Å². The van der Waals surface area contributed by atoms with E-state index in [1.807, 2.05) is 36.0 Å². The number of thioether (sulfide) groups is 1. The van der Waals surface area contributed by atoms with Gasteiger partial charge in [-0.25, -0.2) is 14.8 Å². The van der Waals surface area contributed by atoms with Gasteiger partial charge in [0.05, 0.1) is 36.3 Å². The number of rotatable bonds is 10. The lowest BCUT2D eigenvalue weighted by molar-refractivity contribution is 0.122. The number of urea groups is 1. The first kappa shape index (κ1) is 25.7. The van der Waals surface area contributed by atoms with E-state index in [9.17, 15) is 9.90 Å². The number of hydrogen-bond donors (Lipinski definition) is 4. The molecule has 4 rings (SSSR count). The van der Waals surface area contributed by atoms with E-state index in [-0.39, 0.29) is 30.0 Å². The lowest BCUT2D eigenvalue weighted by Crippen LogP contribution is -2.38. The number of nitrogens with zero attached hydrogens (tertiary/aromatic N) is 3. The predicted molar refractivity (Wildman–Crippen MR) is 139 cm³/mol. The number of morpholine rings is 1. The Morgan fingerprint density at radius 1 is 1.20 bits per heavy atom. The maximum Gasteiger partial charge on any atom is 0.319 e. The molecule has 10 heteroatoms. The van der Waals surface area contributed by atoms with Gasteiger partial charge in [-0.3, -0.25) is 0 Å². The highest BCUT2D eigenvalue weighted by Gasteiger charge is 2.41. The lowest BCUT2D eigenvalue weighted by atomic mass is 9.81. The number of anilines is 2. The summed E-state index contributed by atoms with van der Waals surface area (Å²) in [6.45, 7) is 4.77. The van der Waals surface area contributed by atoms with Gasteiger partial charge < -0.3 is 30.5 Å². The van der Waals surface area contributed by atoms with Gasteiger partial charge in [-0.2, -0.15) is 0 Å². The molecule has 2 fully saturated rings. The Balaban J connectivity index is 1.60. The molecule has 2 heterocycles. The molecule has 1 saturated carbocycles. The van der Waals surface area contributed by atoms with Crippen molar-refractivity contribution in [2.45, 2.75) is 43.4 Å². The first-order valence-corrected chi connectivity index (χ1v) is 13.3. The first-order valence-electron chi connectivity index (χ1n) is 12.3. The number of aliphatic hydroxyl groups is 2. The smallest absolute Gasteiger partial charge is 0.319 e. The van der Waals surface area contributed by atoms with Crippen molar-refractivity contribution in [2.75, 3.05) is 55.5 Å². The molecule has 2 amide bonds. The summed E-state index contributed by atoms with van der Waals surface area (Å²) in [5.41, 5.74) is 2.58. The molecule has 9 nitrogen and oxygen atoms in total. The van der Waals surface area contributed by atoms with Gasteiger partial charge in [0, 0.05) is 37.0 Å². The van der Waals surface area contributed by atoms with Crippen LogP contribution in [0.4, 0.5) is 16.3 Å². The molecule has 1 atom stereocenters. The Morgan fingerprint density at radius 3 is 2.57 bits per heavy atom. The minimum Gasteiger partial charge on any atom is -0.396 e. The molecule has 1 aromatic carbocycles. The van der Waals surface area contributed by atoms with E-state index in [1.165, 1.54) is 6.42 Å². The number of aromatic nitrogens is 2. The molecule has 0 radical (unpaired) electrons. The Kier molecular flexibility index (Phi) is 8.83. The van der Waals surface area contributed by atoms with Gasteiger partial charge in [0.2, 0.25) is 0 Å². The molecule has 190 valence electrons. The molecule has 1 saturated heterocycles. The van der Waals surface area contributed by atoms with Crippen LogP contribution in [-0.4, -0.2) is 77.5 Å². The molecule has 1 aliphatic carbocycles. The fourth-order valence-electron chi connectivity index (χ4n) is 4.20. The molecular formula is C25H35N5O4S. The fourth-order valence-corrected chi connectivity index (χ4v) is 5.69. The van der Waals surface area contributed by atoms with Crippen molar-refractivity contribution in [1.82, 2.24) is 15.3 Å². The van der Waals surface area contributed by atoms with E-state index < -0.39 is 0 Å². The van der Waals surface area contributed by atoms with E-state index in [4.69, 9.17) is 19.8 Å². The van der Waals surface area contributed by atoms with Gasteiger partial charge >= 0.3 is 6.03 Å². The van der Waals surface area contributed by atoms with E-state index in [0.717, 1.165) is 55.2 Å². The molecule has 0 unspecified atom stereocenters. The number of aliphatic hydroxyl groups excluding tert-OH is 2. The number of nitrogens with one attached hydrogen (secondary N) is 2. The quantitative estimate of drug-likeness (QED) is 0.367. The van der Waals surface area contributed by atoms with Crippen LogP contribution < -0.4 is 15.5 Å². The van der Waals surface area contributed by atoms with E-state index >= 15 is 0 Å². The van der Waals surface area contributed by atoms with Crippen LogP contribution in [0.3, 0.4) is 0 Å². The molecule has 1 aromatic heterocycles. The Hall–Kier alpha value is -2.40. The zero-order chi connectivity index (χ0) is 24.7. The number of hydrogen-bond acceptors (Lipinski definition) is 8. The van der Waals surface area contributed by atoms with Crippen LogP contribution in [-0.2, 0) is 9.48 Å². The highest BCUT2D eigenvalue weighted by atomic mass is 32.2. The van der Waals surface area contributed by atoms with Crippen molar-refractivity contribution >= 4 is 29.3 Å². The fraction of sp³-hybridized carbons (Fsp3) is 0.560. The minimum atomic E-state index is -0.362. The van der Waals surface area contributed by atoms with Gasteiger partial charge in [0.1, 0.15) is 5.82 Å². The molecule has 35 heavy (non-hydrogen) atoms. The number of carbonyl (C=O) groups is 1. The standard InChI is InChI=1S/C25H35N5O4S/c1-18(17-32)26-24(33)27-20-6-4-19(5-7-20)23-28-21(25(8-2-9-25)35-15-3-12-31)16-22(29-23)30-10-13-34-14-11-30/h4-7,16,18,31-32H,2-3,8-15,17H2,1H3,(H2,26,27,33)/t18-/m1/s1. The first-order chi connectivity index (χ1) is 17.0. The highest BCUT2D eigenvalue weighted by molar-refractivity contribution is 8.00. The topological polar surface area (TPSA) is 120 Å². The minimum absolute atomic E-state index is 0.0309. The predicted octanol–water partition coefficient (Wildman–Crippen LogP) is 2.98. The number of benzene rings is 1. The molecular weight excluding hydrogens is 466 g/mol. The van der Waals surface area contributed by atoms with Crippen molar-refractivity contribution in [1.29, 1.82) is 0 Å². The Bertz CT molecular complexity index is 980. The summed E-state index contributed by atoms with van der Waals surface area (Å²) < 4.78 is 5.51. The maximum atomic E-state index is 12.1. The highest BCUT2D eigenvalue weighted by Crippen LogP contribution is 2.52. The number of ether oxygens (including phenoxy) is 1. The monoisotopic (exact) mass is 501 g/mol. The van der Waals surface area contributed by atoms with Gasteiger partial charge in [-0.15, -0.1) is 11.8 Å². The van der Waals surface area contributed by atoms with E-state index in [0.29, 0.717) is 24.7 Å². The third-order valence-electron chi connectivity index (χ3n) is 6.41. The van der Waals surface area contributed by atoms with Crippen LogP contribution in [0.5, 0.6) is 0 Å². The number of amides is 2. The summed E-state index contributed by atoms with van der Waals surface area (Å²) in [7, 11) is 0. The average Bonchev–Trinajstić information content (AvgIpc) is 2.86. The number of carbonyl (C=O) groups excluding carboxylic acids is 1. The second-order valence-electron chi connectivity index (χ2n) is 9.07. The SMILES string of the molecule is C[C@H](CO)NC(=O)Nc1ccc(-c2nc(N3CCOCC3)cc(C3(SCCCO)CCC3)n2)cc1. The second kappa shape index (κ2) is 12.0. The Labute approximate surface area is 210 Å². The molecule has 0 spiro atoms. The summed E-state index contributed by atoms with van der Waals surface area (Å²) in [4.78, 5) is 24.3. The average molecular weight is 502 g/mol. The summed E-state index contributed by atoms with van der Waals surface area (Å²) >= 11 is 1.90. The van der Waals surface area contributed by atoms with Crippen molar-refractivity contribution in [3.63, 3.8) is 0 Å². The Morgan fingerprint density at radius 2 is 1.94 bits per heavy atom. The third-order valence-corrected chi connectivity index (χ3v) is 8.07. The third kappa shape index (κ3) is 6.43. The molecule has 1 aliphatic heterocycles. The second-order valence-corrected chi connectivity index (χ2v) is 10.5. The van der Waals surface area contributed by atoms with Gasteiger partial charge in [0.15, 0.2) is 5.82 Å². The van der Waals surface area contributed by atoms with Crippen LogP contribution in [0.2, 0.25) is 0 Å². The zero-order valence-corrected chi connectivity index (χ0v) is 21.0. The molecule has 2 aliphatic rings. The van der Waals surface area contributed by atoms with Crippen LogP contribution in [0.15, 0.2) is 30.3 Å². The van der Waals surface area contributed by atoms with Crippen molar-refractivity contribution in [2.24, 2.45) is 0 Å². The molecule has 4 N–H and O–H groups in total. The normalized spacial score (nSPS) is 18.0. The molecule has 2 aromatic rings.